The molecule has 0 saturated carbocycles. The van der Waals surface area contributed by atoms with Crippen molar-refractivity contribution in [3.8, 4) is 61.7 Å². The Kier molecular flexibility index (Phi) is 7.82. The normalized spacial score (nSPS) is 11.6. The number of ether oxygens (including phenoxy) is 1. The summed E-state index contributed by atoms with van der Waals surface area (Å²) in [4.78, 5) is 2.34. The molecule has 0 unspecified atom stereocenters. The zero-order valence-electron chi connectivity index (χ0n) is 31.1. The molecule has 3 heteroatoms. The Morgan fingerprint density at radius 2 is 0.737 bits per heavy atom. The summed E-state index contributed by atoms with van der Waals surface area (Å²) >= 11 is 0. The molecule has 268 valence electrons. The van der Waals surface area contributed by atoms with Crippen molar-refractivity contribution in [2.24, 2.45) is 0 Å². The summed E-state index contributed by atoms with van der Waals surface area (Å²) in [6.07, 6.45) is 0. The zero-order valence-corrected chi connectivity index (χ0v) is 31.1. The maximum Gasteiger partial charge on any atom is 0.152 e. The summed E-state index contributed by atoms with van der Waals surface area (Å²) < 4.78 is 8.70. The number of para-hydroxylation sites is 3. The second-order valence-electron chi connectivity index (χ2n) is 14.6. The number of nitrogens with zero attached hydrogens (tertiary/aromatic N) is 2. The van der Waals surface area contributed by atoms with Crippen LogP contribution >= 0.6 is 0 Å². The van der Waals surface area contributed by atoms with Crippen LogP contribution in [-0.4, -0.2) is 4.57 Å². The van der Waals surface area contributed by atoms with Gasteiger partial charge in [-0.25, -0.2) is 0 Å². The number of fused-ring (bicyclic) bond motifs is 5. The van der Waals surface area contributed by atoms with Crippen LogP contribution in [0.1, 0.15) is 0 Å². The van der Waals surface area contributed by atoms with Crippen LogP contribution in [0, 0.1) is 0 Å². The second-order valence-corrected chi connectivity index (χ2v) is 14.6. The van der Waals surface area contributed by atoms with Crippen molar-refractivity contribution in [1.82, 2.24) is 4.57 Å². The summed E-state index contributed by atoms with van der Waals surface area (Å²) in [5.74, 6) is 1.76. The lowest BCUT2D eigenvalue weighted by Gasteiger charge is -2.26. The van der Waals surface area contributed by atoms with Gasteiger partial charge in [0.25, 0.3) is 0 Å². The van der Waals surface area contributed by atoms with E-state index in [0.29, 0.717) is 0 Å². The van der Waals surface area contributed by atoms with Crippen LogP contribution in [0.25, 0.3) is 72.0 Å². The number of anilines is 3. The number of rotatable bonds is 7. The number of hydrogen-bond acceptors (Lipinski definition) is 2. The molecule has 0 atom stereocenters. The molecule has 0 radical (unpaired) electrons. The summed E-state index contributed by atoms with van der Waals surface area (Å²) in [6.45, 7) is 0. The van der Waals surface area contributed by atoms with Crippen molar-refractivity contribution in [2.75, 3.05) is 4.90 Å². The molecule has 2 heterocycles. The molecule has 0 saturated heterocycles. The Hall–Kier alpha value is -7.62. The molecular formula is C54H36N2O. The lowest BCUT2D eigenvalue weighted by Crippen LogP contribution is -2.09. The van der Waals surface area contributed by atoms with Gasteiger partial charge >= 0.3 is 0 Å². The second kappa shape index (κ2) is 13.6. The van der Waals surface area contributed by atoms with Gasteiger partial charge in [-0.05, 0) is 111 Å². The predicted molar refractivity (Wildman–Crippen MR) is 237 cm³/mol. The molecule has 11 rings (SSSR count). The fraction of sp³-hybridized carbons (Fsp3) is 0. The Morgan fingerprint density at radius 3 is 1.28 bits per heavy atom. The molecule has 3 nitrogen and oxygen atoms in total. The lowest BCUT2D eigenvalue weighted by atomic mass is 10.00. The van der Waals surface area contributed by atoms with Gasteiger partial charge in [0.15, 0.2) is 11.5 Å². The highest BCUT2D eigenvalue weighted by Gasteiger charge is 2.23. The highest BCUT2D eigenvalue weighted by Crippen LogP contribution is 2.46. The molecule has 1 aromatic heterocycles. The van der Waals surface area contributed by atoms with E-state index in [1.165, 1.54) is 55.2 Å². The standard InChI is InChI=1S/C54H36N2O/c1-3-10-37(11-4-1)39-18-20-40(21-19-39)42-24-31-46(32-25-42)55(45-29-22-41(23-30-45)38-12-5-2-6-13-38)47-33-26-43(27-34-47)44-28-35-50-49(36-44)48-14-9-17-53-54(48)56(50)51-15-7-8-16-52(51)57-53/h1-36H. The van der Waals surface area contributed by atoms with E-state index in [2.05, 4.69) is 216 Å². The van der Waals surface area contributed by atoms with Gasteiger partial charge in [-0.15, -0.1) is 0 Å². The fourth-order valence-electron chi connectivity index (χ4n) is 8.37. The van der Waals surface area contributed by atoms with Gasteiger partial charge in [-0.3, -0.25) is 0 Å². The molecular weight excluding hydrogens is 693 g/mol. The highest BCUT2D eigenvalue weighted by molar-refractivity contribution is 6.13. The first-order chi connectivity index (χ1) is 28.2. The van der Waals surface area contributed by atoms with Crippen LogP contribution in [0.5, 0.6) is 11.5 Å². The van der Waals surface area contributed by atoms with Crippen molar-refractivity contribution < 1.29 is 4.74 Å². The Balaban J connectivity index is 0.952. The fourth-order valence-corrected chi connectivity index (χ4v) is 8.37. The zero-order chi connectivity index (χ0) is 37.7. The third kappa shape index (κ3) is 5.76. The monoisotopic (exact) mass is 728 g/mol. The van der Waals surface area contributed by atoms with Crippen molar-refractivity contribution in [3.63, 3.8) is 0 Å². The first-order valence-corrected chi connectivity index (χ1v) is 19.4. The Labute approximate surface area is 331 Å². The highest BCUT2D eigenvalue weighted by atomic mass is 16.5. The molecule has 0 aliphatic carbocycles. The van der Waals surface area contributed by atoms with Crippen LogP contribution in [0.15, 0.2) is 218 Å². The van der Waals surface area contributed by atoms with Gasteiger partial charge in [-0.2, -0.15) is 0 Å². The molecule has 1 aliphatic rings. The van der Waals surface area contributed by atoms with E-state index >= 15 is 0 Å². The summed E-state index contributed by atoms with van der Waals surface area (Å²) in [5, 5.41) is 2.40. The van der Waals surface area contributed by atoms with Crippen LogP contribution in [0.2, 0.25) is 0 Å². The topological polar surface area (TPSA) is 17.4 Å². The molecule has 10 aromatic rings. The Morgan fingerprint density at radius 1 is 0.316 bits per heavy atom. The van der Waals surface area contributed by atoms with E-state index < -0.39 is 0 Å². The summed E-state index contributed by atoms with van der Waals surface area (Å²) in [6, 6.07) is 78.1. The molecule has 0 spiro atoms. The number of aromatic nitrogens is 1. The third-order valence-electron chi connectivity index (χ3n) is 11.2. The van der Waals surface area contributed by atoms with Gasteiger partial charge in [0.2, 0.25) is 0 Å². The van der Waals surface area contributed by atoms with E-state index in [4.69, 9.17) is 4.74 Å². The van der Waals surface area contributed by atoms with Crippen molar-refractivity contribution in [1.29, 1.82) is 0 Å². The Bertz CT molecular complexity index is 3040. The molecule has 57 heavy (non-hydrogen) atoms. The van der Waals surface area contributed by atoms with E-state index in [-0.39, 0.29) is 0 Å². The SMILES string of the molecule is c1ccc(-c2ccc(-c3ccc(N(c4ccc(-c5ccccc5)cc4)c4ccc(-c5ccc6c(c5)c5cccc7c5n6-c5ccccc5O7)cc4)cc3)cc2)cc1. The maximum atomic E-state index is 6.35. The van der Waals surface area contributed by atoms with E-state index in [9.17, 15) is 0 Å². The minimum Gasteiger partial charge on any atom is -0.453 e. The molecule has 0 fully saturated rings. The minimum atomic E-state index is 0.876. The van der Waals surface area contributed by atoms with Crippen LogP contribution in [0.4, 0.5) is 17.1 Å². The average molecular weight is 729 g/mol. The molecule has 1 aliphatic heterocycles. The molecule has 0 N–H and O–H groups in total. The molecule has 0 amide bonds. The first-order valence-electron chi connectivity index (χ1n) is 19.4. The van der Waals surface area contributed by atoms with Gasteiger partial charge in [0, 0.05) is 27.8 Å². The number of hydrogen-bond donors (Lipinski definition) is 0. The average Bonchev–Trinajstić information content (AvgIpc) is 3.63. The van der Waals surface area contributed by atoms with Crippen molar-refractivity contribution >= 4 is 38.9 Å². The predicted octanol–water partition coefficient (Wildman–Crippen LogP) is 15.0. The van der Waals surface area contributed by atoms with E-state index in [1.54, 1.807) is 0 Å². The quantitative estimate of drug-likeness (QED) is 0.163. The van der Waals surface area contributed by atoms with Crippen LogP contribution < -0.4 is 9.64 Å². The van der Waals surface area contributed by atoms with Gasteiger partial charge in [0.1, 0.15) is 0 Å². The van der Waals surface area contributed by atoms with Gasteiger partial charge < -0.3 is 14.2 Å². The third-order valence-corrected chi connectivity index (χ3v) is 11.2. The lowest BCUT2D eigenvalue weighted by molar-refractivity contribution is 0.476. The smallest absolute Gasteiger partial charge is 0.152 e. The molecule has 9 aromatic carbocycles. The summed E-state index contributed by atoms with van der Waals surface area (Å²) in [7, 11) is 0. The summed E-state index contributed by atoms with van der Waals surface area (Å²) in [5.41, 5.74) is 16.2. The minimum absolute atomic E-state index is 0.876. The van der Waals surface area contributed by atoms with Crippen LogP contribution in [0.3, 0.4) is 0 Å². The first kappa shape index (κ1) is 32.8. The largest absolute Gasteiger partial charge is 0.453 e. The van der Waals surface area contributed by atoms with E-state index in [0.717, 1.165) is 45.3 Å². The number of benzene rings is 9. The van der Waals surface area contributed by atoms with E-state index in [1.807, 2.05) is 12.1 Å². The van der Waals surface area contributed by atoms with Gasteiger partial charge in [-0.1, -0.05) is 152 Å². The van der Waals surface area contributed by atoms with Crippen molar-refractivity contribution in [3.05, 3.63) is 218 Å². The van der Waals surface area contributed by atoms with Crippen LogP contribution in [-0.2, 0) is 0 Å². The van der Waals surface area contributed by atoms with Gasteiger partial charge in [0.05, 0.1) is 16.7 Å². The maximum absolute atomic E-state index is 6.35. The van der Waals surface area contributed by atoms with Crippen molar-refractivity contribution in [2.45, 2.75) is 0 Å². The molecule has 0 bridgehead atoms.